The maximum Gasteiger partial charge on any atom is 0.191 e. The number of ether oxygens (including phenoxy) is 1. The van der Waals surface area contributed by atoms with Gasteiger partial charge in [0.2, 0.25) is 0 Å². The summed E-state index contributed by atoms with van der Waals surface area (Å²) in [5, 5.41) is 6.81. The van der Waals surface area contributed by atoms with Crippen LogP contribution in [0.1, 0.15) is 50.2 Å². The molecule has 1 aromatic carbocycles. The quantitative estimate of drug-likeness (QED) is 0.462. The van der Waals surface area contributed by atoms with E-state index in [9.17, 15) is 0 Å². The highest BCUT2D eigenvalue weighted by Crippen LogP contribution is 2.41. The molecule has 22 heavy (non-hydrogen) atoms. The van der Waals surface area contributed by atoms with Gasteiger partial charge in [0, 0.05) is 25.6 Å². The molecule has 1 saturated carbocycles. The monoisotopic (exact) mass is 303 g/mol. The lowest BCUT2D eigenvalue weighted by Gasteiger charge is -2.11. The number of guanidine groups is 1. The molecular formula is C18H29N3O. The van der Waals surface area contributed by atoms with Gasteiger partial charge in [0.25, 0.3) is 0 Å². The second-order valence-corrected chi connectivity index (χ2v) is 6.17. The highest BCUT2D eigenvalue weighted by Gasteiger charge is 2.38. The minimum Gasteiger partial charge on any atom is -0.383 e. The molecule has 0 bridgehead atoms. The summed E-state index contributed by atoms with van der Waals surface area (Å²) in [5.74, 6) is 2.09. The Kier molecular flexibility index (Phi) is 6.25. The van der Waals surface area contributed by atoms with Crippen LogP contribution < -0.4 is 10.6 Å². The molecule has 0 spiro atoms. The van der Waals surface area contributed by atoms with Crippen molar-refractivity contribution < 1.29 is 4.74 Å². The molecule has 4 heteroatoms. The topological polar surface area (TPSA) is 45.7 Å². The fourth-order valence-corrected chi connectivity index (χ4v) is 2.60. The molecule has 1 aliphatic rings. The molecule has 2 rings (SSSR count). The zero-order valence-electron chi connectivity index (χ0n) is 14.2. The van der Waals surface area contributed by atoms with E-state index < -0.39 is 0 Å². The molecule has 1 aliphatic carbocycles. The Morgan fingerprint density at radius 3 is 2.64 bits per heavy atom. The Morgan fingerprint density at radius 1 is 1.32 bits per heavy atom. The molecule has 0 amide bonds. The Hall–Kier alpha value is -1.55. The van der Waals surface area contributed by atoms with Crippen molar-refractivity contribution in [3.05, 3.63) is 35.4 Å². The number of hydrogen-bond acceptors (Lipinski definition) is 2. The normalized spacial score (nSPS) is 21.0. The number of aliphatic imine (C=N–C) groups is 1. The molecule has 0 heterocycles. The van der Waals surface area contributed by atoms with Gasteiger partial charge in [0.1, 0.15) is 0 Å². The van der Waals surface area contributed by atoms with E-state index in [4.69, 9.17) is 4.74 Å². The number of nitrogens with zero attached hydrogens (tertiary/aromatic N) is 1. The third kappa shape index (κ3) is 4.73. The maximum atomic E-state index is 5.05. The van der Waals surface area contributed by atoms with E-state index in [1.807, 2.05) is 0 Å². The van der Waals surface area contributed by atoms with Gasteiger partial charge in [-0.3, -0.25) is 4.99 Å². The zero-order chi connectivity index (χ0) is 15.9. The zero-order valence-corrected chi connectivity index (χ0v) is 14.2. The van der Waals surface area contributed by atoms with Crippen molar-refractivity contribution in [2.45, 2.75) is 45.1 Å². The fraction of sp³-hybridized carbons (Fsp3) is 0.611. The first-order chi connectivity index (χ1) is 10.7. The number of benzene rings is 1. The summed E-state index contributed by atoms with van der Waals surface area (Å²) < 4.78 is 5.05. The van der Waals surface area contributed by atoms with E-state index in [0.717, 1.165) is 12.5 Å². The molecule has 1 fully saturated rings. The third-order valence-corrected chi connectivity index (χ3v) is 4.05. The number of rotatable bonds is 7. The summed E-state index contributed by atoms with van der Waals surface area (Å²) in [6.45, 7) is 8.76. The van der Waals surface area contributed by atoms with Crippen molar-refractivity contribution in [2.75, 3.05) is 26.8 Å². The minimum absolute atomic E-state index is 0.491. The SMILES string of the molecule is CCNC(=NCCOC)NC1CC1c1ccc(C(C)C)cc1. The Labute approximate surface area is 134 Å². The summed E-state index contributed by atoms with van der Waals surface area (Å²) in [5.41, 5.74) is 2.83. The standard InChI is InChI=1S/C18H29N3O/c1-5-19-18(20-10-11-22-4)21-17-12-16(17)15-8-6-14(7-9-15)13(2)3/h6-9,13,16-17H,5,10-12H2,1-4H3,(H2,19,20,21). The van der Waals surface area contributed by atoms with Crippen molar-refractivity contribution >= 4 is 5.96 Å². The van der Waals surface area contributed by atoms with Crippen LogP contribution in [-0.4, -0.2) is 38.8 Å². The van der Waals surface area contributed by atoms with Crippen LogP contribution in [0, 0.1) is 0 Å². The van der Waals surface area contributed by atoms with Crippen molar-refractivity contribution in [3.8, 4) is 0 Å². The van der Waals surface area contributed by atoms with E-state index in [2.05, 4.69) is 60.7 Å². The van der Waals surface area contributed by atoms with Gasteiger partial charge in [-0.05, 0) is 30.4 Å². The average Bonchev–Trinajstić information content (AvgIpc) is 3.27. The Morgan fingerprint density at radius 2 is 2.05 bits per heavy atom. The molecule has 122 valence electrons. The van der Waals surface area contributed by atoms with Crippen molar-refractivity contribution in [1.29, 1.82) is 0 Å². The van der Waals surface area contributed by atoms with E-state index in [1.54, 1.807) is 7.11 Å². The lowest BCUT2D eigenvalue weighted by molar-refractivity contribution is 0.208. The van der Waals surface area contributed by atoms with Gasteiger partial charge in [0.15, 0.2) is 5.96 Å². The van der Waals surface area contributed by atoms with E-state index >= 15 is 0 Å². The van der Waals surface area contributed by atoms with Crippen molar-refractivity contribution in [2.24, 2.45) is 4.99 Å². The molecule has 0 radical (unpaired) electrons. The van der Waals surface area contributed by atoms with Crippen LogP contribution in [0.3, 0.4) is 0 Å². The number of nitrogens with one attached hydrogen (secondary N) is 2. The van der Waals surface area contributed by atoms with Crippen LogP contribution >= 0.6 is 0 Å². The van der Waals surface area contributed by atoms with Crippen LogP contribution in [0.5, 0.6) is 0 Å². The molecule has 2 unspecified atom stereocenters. The maximum absolute atomic E-state index is 5.05. The second-order valence-electron chi connectivity index (χ2n) is 6.17. The molecule has 0 aliphatic heterocycles. The number of methoxy groups -OCH3 is 1. The summed E-state index contributed by atoms with van der Waals surface area (Å²) in [6.07, 6.45) is 1.18. The average molecular weight is 303 g/mol. The van der Waals surface area contributed by atoms with E-state index in [-0.39, 0.29) is 0 Å². The molecule has 0 aromatic heterocycles. The van der Waals surface area contributed by atoms with Gasteiger partial charge in [-0.1, -0.05) is 38.1 Å². The van der Waals surface area contributed by atoms with Crippen LogP contribution in [0.15, 0.2) is 29.3 Å². The highest BCUT2D eigenvalue weighted by atomic mass is 16.5. The first kappa shape index (κ1) is 16.8. The van der Waals surface area contributed by atoms with Crippen molar-refractivity contribution in [3.63, 3.8) is 0 Å². The molecule has 2 atom stereocenters. The molecule has 2 N–H and O–H groups in total. The van der Waals surface area contributed by atoms with E-state index in [0.29, 0.717) is 31.0 Å². The molecule has 4 nitrogen and oxygen atoms in total. The summed E-state index contributed by atoms with van der Waals surface area (Å²) in [6, 6.07) is 9.55. The summed E-state index contributed by atoms with van der Waals surface area (Å²) in [4.78, 5) is 4.52. The van der Waals surface area contributed by atoms with Crippen molar-refractivity contribution in [1.82, 2.24) is 10.6 Å². The lowest BCUT2D eigenvalue weighted by Crippen LogP contribution is -2.39. The minimum atomic E-state index is 0.491. The first-order valence-corrected chi connectivity index (χ1v) is 8.29. The molecular weight excluding hydrogens is 274 g/mol. The summed E-state index contributed by atoms with van der Waals surface area (Å²) in [7, 11) is 1.70. The number of hydrogen-bond donors (Lipinski definition) is 2. The van der Waals surface area contributed by atoms with Crippen LogP contribution in [0.2, 0.25) is 0 Å². The largest absolute Gasteiger partial charge is 0.383 e. The van der Waals surface area contributed by atoms with E-state index in [1.165, 1.54) is 17.5 Å². The Balaban J connectivity index is 1.88. The van der Waals surface area contributed by atoms with Crippen LogP contribution in [0.25, 0.3) is 0 Å². The van der Waals surface area contributed by atoms with Crippen LogP contribution in [-0.2, 0) is 4.74 Å². The lowest BCUT2D eigenvalue weighted by atomic mass is 10.0. The third-order valence-electron chi connectivity index (χ3n) is 4.05. The smallest absolute Gasteiger partial charge is 0.191 e. The first-order valence-electron chi connectivity index (χ1n) is 8.29. The predicted molar refractivity (Wildman–Crippen MR) is 92.7 cm³/mol. The van der Waals surface area contributed by atoms with Gasteiger partial charge < -0.3 is 15.4 Å². The van der Waals surface area contributed by atoms with Gasteiger partial charge in [-0.2, -0.15) is 0 Å². The Bertz CT molecular complexity index is 482. The van der Waals surface area contributed by atoms with Gasteiger partial charge >= 0.3 is 0 Å². The predicted octanol–water partition coefficient (Wildman–Crippen LogP) is 2.87. The van der Waals surface area contributed by atoms with Gasteiger partial charge in [-0.25, -0.2) is 0 Å². The summed E-state index contributed by atoms with van der Waals surface area (Å²) >= 11 is 0. The highest BCUT2D eigenvalue weighted by molar-refractivity contribution is 5.80. The van der Waals surface area contributed by atoms with Gasteiger partial charge in [-0.15, -0.1) is 0 Å². The fourth-order valence-electron chi connectivity index (χ4n) is 2.60. The van der Waals surface area contributed by atoms with Crippen LogP contribution in [0.4, 0.5) is 0 Å². The molecule has 0 saturated heterocycles. The second kappa shape index (κ2) is 8.18. The molecule has 1 aromatic rings. The van der Waals surface area contributed by atoms with Gasteiger partial charge in [0.05, 0.1) is 13.2 Å².